The largest absolute Gasteiger partial charge is 0.494 e. The molecule has 7 heteroatoms. The average molecular weight is 298 g/mol. The number of rotatable bonds is 4. The van der Waals surface area contributed by atoms with Crippen LogP contribution in [0.3, 0.4) is 0 Å². The van der Waals surface area contributed by atoms with Crippen molar-refractivity contribution in [2.24, 2.45) is 0 Å². The standard InChI is InChI=1S/C12H14N2O3S2/c1-6(18)13-10-8(12(15)16)4-5-9(17-3)11(10)14-7(2)19/h4-5H,1-3H3,(H,13,18)(H,14,19)(H,15,16). The fraction of sp³-hybridized carbons (Fsp3) is 0.250. The molecule has 0 atom stereocenters. The summed E-state index contributed by atoms with van der Waals surface area (Å²) in [5.41, 5.74) is 0.881. The summed E-state index contributed by atoms with van der Waals surface area (Å²) in [6.07, 6.45) is 0. The summed E-state index contributed by atoms with van der Waals surface area (Å²) in [7, 11) is 1.49. The summed E-state index contributed by atoms with van der Waals surface area (Å²) in [6, 6.07) is 3.01. The van der Waals surface area contributed by atoms with Crippen LogP contribution in [0.4, 0.5) is 11.4 Å². The van der Waals surface area contributed by atoms with Crippen molar-refractivity contribution in [3.8, 4) is 5.75 Å². The van der Waals surface area contributed by atoms with E-state index in [4.69, 9.17) is 29.2 Å². The minimum atomic E-state index is -1.06. The third-order valence-corrected chi connectivity index (χ3v) is 2.42. The number of hydrogen-bond acceptors (Lipinski definition) is 4. The van der Waals surface area contributed by atoms with Gasteiger partial charge in [-0.1, -0.05) is 24.4 Å². The number of carbonyl (C=O) groups is 1. The molecule has 1 aromatic rings. The lowest BCUT2D eigenvalue weighted by Gasteiger charge is -2.18. The van der Waals surface area contributed by atoms with E-state index in [9.17, 15) is 9.90 Å². The first-order valence-corrected chi connectivity index (χ1v) is 6.18. The van der Waals surface area contributed by atoms with E-state index in [1.807, 2.05) is 0 Å². The van der Waals surface area contributed by atoms with Gasteiger partial charge in [0.2, 0.25) is 0 Å². The summed E-state index contributed by atoms with van der Waals surface area (Å²) < 4.78 is 5.20. The van der Waals surface area contributed by atoms with Gasteiger partial charge < -0.3 is 20.5 Å². The summed E-state index contributed by atoms with van der Waals surface area (Å²) in [5, 5.41) is 15.0. The topological polar surface area (TPSA) is 70.6 Å². The van der Waals surface area contributed by atoms with Crippen molar-refractivity contribution in [3.63, 3.8) is 0 Å². The number of methoxy groups -OCH3 is 1. The third kappa shape index (κ3) is 3.87. The second kappa shape index (κ2) is 6.44. The fourth-order valence-electron chi connectivity index (χ4n) is 1.54. The Kier molecular flexibility index (Phi) is 5.20. The number of benzene rings is 1. The molecule has 0 bridgehead atoms. The number of ether oxygens (including phenoxy) is 1. The van der Waals surface area contributed by atoms with Crippen LogP contribution in [-0.4, -0.2) is 28.2 Å². The zero-order chi connectivity index (χ0) is 14.6. The van der Waals surface area contributed by atoms with E-state index in [0.717, 1.165) is 0 Å². The molecule has 0 saturated heterocycles. The molecular weight excluding hydrogens is 284 g/mol. The predicted molar refractivity (Wildman–Crippen MR) is 83.7 cm³/mol. The first-order chi connectivity index (χ1) is 8.86. The molecule has 0 unspecified atom stereocenters. The highest BCUT2D eigenvalue weighted by atomic mass is 32.1. The maximum absolute atomic E-state index is 11.3. The van der Waals surface area contributed by atoms with Crippen LogP contribution in [0.25, 0.3) is 0 Å². The molecule has 102 valence electrons. The molecule has 0 radical (unpaired) electrons. The molecule has 1 aromatic carbocycles. The van der Waals surface area contributed by atoms with Gasteiger partial charge in [0.05, 0.1) is 28.3 Å². The molecule has 0 aromatic heterocycles. The zero-order valence-electron chi connectivity index (χ0n) is 10.7. The monoisotopic (exact) mass is 298 g/mol. The van der Waals surface area contributed by atoms with Crippen LogP contribution in [-0.2, 0) is 0 Å². The van der Waals surface area contributed by atoms with Gasteiger partial charge in [-0.2, -0.15) is 0 Å². The second-order valence-electron chi connectivity index (χ2n) is 3.73. The summed E-state index contributed by atoms with van der Waals surface area (Å²) in [6.45, 7) is 3.35. The number of hydrogen-bond donors (Lipinski definition) is 3. The molecule has 19 heavy (non-hydrogen) atoms. The van der Waals surface area contributed by atoms with Crippen LogP contribution in [0.2, 0.25) is 0 Å². The lowest BCUT2D eigenvalue weighted by molar-refractivity contribution is 0.0698. The fourth-order valence-corrected chi connectivity index (χ4v) is 1.74. The van der Waals surface area contributed by atoms with Crippen molar-refractivity contribution in [3.05, 3.63) is 17.7 Å². The van der Waals surface area contributed by atoms with E-state index in [2.05, 4.69) is 10.6 Å². The molecule has 0 spiro atoms. The lowest BCUT2D eigenvalue weighted by Crippen LogP contribution is -2.15. The van der Waals surface area contributed by atoms with Crippen molar-refractivity contribution in [2.75, 3.05) is 17.7 Å². The van der Waals surface area contributed by atoms with Crippen LogP contribution in [0.5, 0.6) is 5.75 Å². The molecule has 1 rings (SSSR count). The predicted octanol–water partition coefficient (Wildman–Crippen LogP) is 2.91. The van der Waals surface area contributed by atoms with Crippen LogP contribution in [0, 0.1) is 0 Å². The smallest absolute Gasteiger partial charge is 0.337 e. The Morgan fingerprint density at radius 2 is 1.68 bits per heavy atom. The zero-order valence-corrected chi connectivity index (χ0v) is 12.4. The normalized spacial score (nSPS) is 9.63. The van der Waals surface area contributed by atoms with Crippen molar-refractivity contribution in [1.29, 1.82) is 0 Å². The van der Waals surface area contributed by atoms with E-state index in [0.29, 0.717) is 27.1 Å². The van der Waals surface area contributed by atoms with Gasteiger partial charge in [0.1, 0.15) is 11.4 Å². The Morgan fingerprint density at radius 3 is 2.11 bits per heavy atom. The van der Waals surface area contributed by atoms with Crippen molar-refractivity contribution < 1.29 is 14.6 Å². The molecule has 0 aliphatic rings. The maximum Gasteiger partial charge on any atom is 0.337 e. The van der Waals surface area contributed by atoms with Crippen LogP contribution in [0.1, 0.15) is 24.2 Å². The van der Waals surface area contributed by atoms with Gasteiger partial charge in [0.25, 0.3) is 0 Å². The summed E-state index contributed by atoms with van der Waals surface area (Å²) in [5.74, 6) is -0.584. The van der Waals surface area contributed by atoms with Gasteiger partial charge in [0, 0.05) is 0 Å². The molecule has 0 heterocycles. The first-order valence-electron chi connectivity index (χ1n) is 5.36. The van der Waals surface area contributed by atoms with Gasteiger partial charge in [0.15, 0.2) is 0 Å². The van der Waals surface area contributed by atoms with Crippen LogP contribution >= 0.6 is 24.4 Å². The molecule has 0 amide bonds. The third-order valence-electron chi connectivity index (χ3n) is 2.22. The maximum atomic E-state index is 11.3. The van der Waals surface area contributed by atoms with E-state index < -0.39 is 5.97 Å². The van der Waals surface area contributed by atoms with E-state index in [1.165, 1.54) is 13.2 Å². The minimum absolute atomic E-state index is 0.0868. The van der Waals surface area contributed by atoms with Crippen LogP contribution < -0.4 is 15.4 Å². The Balaban J connectivity index is 3.49. The SMILES string of the molecule is COc1ccc(C(=O)O)c(NC(C)=S)c1NC(C)=S. The van der Waals surface area contributed by atoms with Crippen molar-refractivity contribution in [1.82, 2.24) is 0 Å². The minimum Gasteiger partial charge on any atom is -0.494 e. The highest BCUT2D eigenvalue weighted by Gasteiger charge is 2.19. The first kappa shape index (κ1) is 15.3. The number of carboxylic acid groups (broad SMARTS) is 1. The number of anilines is 2. The van der Waals surface area contributed by atoms with Gasteiger partial charge in [-0.3, -0.25) is 0 Å². The number of nitrogens with one attached hydrogen (secondary N) is 2. The lowest BCUT2D eigenvalue weighted by atomic mass is 10.1. The Morgan fingerprint density at radius 1 is 1.16 bits per heavy atom. The average Bonchev–Trinajstić information content (AvgIpc) is 2.29. The molecule has 3 N–H and O–H groups in total. The second-order valence-corrected chi connectivity index (χ2v) is 4.96. The van der Waals surface area contributed by atoms with E-state index in [-0.39, 0.29) is 5.56 Å². The van der Waals surface area contributed by atoms with Crippen molar-refractivity contribution >= 4 is 51.8 Å². The molecule has 0 aliphatic heterocycles. The van der Waals surface area contributed by atoms with Gasteiger partial charge in [-0.25, -0.2) is 4.79 Å². The molecule has 0 saturated carbocycles. The van der Waals surface area contributed by atoms with Gasteiger partial charge >= 0.3 is 5.97 Å². The van der Waals surface area contributed by atoms with Crippen LogP contribution in [0.15, 0.2) is 12.1 Å². The number of carboxylic acids is 1. The number of aromatic carboxylic acids is 1. The van der Waals surface area contributed by atoms with E-state index >= 15 is 0 Å². The molecular formula is C12H14N2O3S2. The summed E-state index contributed by atoms with van der Waals surface area (Å²) >= 11 is 9.96. The molecule has 0 fully saturated rings. The van der Waals surface area contributed by atoms with Gasteiger partial charge in [-0.05, 0) is 26.0 Å². The van der Waals surface area contributed by atoms with Gasteiger partial charge in [-0.15, -0.1) is 0 Å². The highest BCUT2D eigenvalue weighted by Crippen LogP contribution is 2.36. The quantitative estimate of drug-likeness (QED) is 0.738. The highest BCUT2D eigenvalue weighted by molar-refractivity contribution is 7.80. The Hall–Kier alpha value is -1.73. The Labute approximate surface area is 122 Å². The van der Waals surface area contributed by atoms with Crippen molar-refractivity contribution in [2.45, 2.75) is 13.8 Å². The number of thiocarbonyl (C=S) groups is 2. The molecule has 5 nitrogen and oxygen atoms in total. The Bertz CT molecular complexity index is 544. The van der Waals surface area contributed by atoms with E-state index in [1.54, 1.807) is 19.9 Å². The summed E-state index contributed by atoms with van der Waals surface area (Å²) in [4.78, 5) is 12.2. The molecule has 0 aliphatic carbocycles.